The number of aliphatic hydroxyl groups excluding tert-OH is 1. The highest BCUT2D eigenvalue weighted by Gasteiger charge is 2.14. The van der Waals surface area contributed by atoms with E-state index in [1.807, 2.05) is 6.07 Å². The number of carbonyl (C=O) groups is 1. The number of benzene rings is 4. The van der Waals surface area contributed by atoms with Gasteiger partial charge in [0.2, 0.25) is 0 Å². The van der Waals surface area contributed by atoms with Gasteiger partial charge in [0.05, 0.1) is 5.56 Å². The van der Waals surface area contributed by atoms with Crippen molar-refractivity contribution < 1.29 is 20.1 Å². The van der Waals surface area contributed by atoms with Gasteiger partial charge < -0.3 is 26.9 Å². The molecule has 0 bridgehead atoms. The number of halogens is 6. The van der Waals surface area contributed by atoms with E-state index in [1.165, 1.54) is 18.2 Å². The zero-order valence-corrected chi connectivity index (χ0v) is 27.8. The molecule has 41 heavy (non-hydrogen) atoms. The van der Waals surface area contributed by atoms with Crippen molar-refractivity contribution >= 4 is 89.8 Å². The van der Waals surface area contributed by atoms with E-state index in [1.54, 1.807) is 48.5 Å². The van der Waals surface area contributed by atoms with Crippen LogP contribution >= 0.6 is 78.3 Å². The lowest BCUT2D eigenvalue weighted by atomic mass is 10.0. The second-order valence-electron chi connectivity index (χ2n) is 8.05. The first-order chi connectivity index (χ1) is 18.9. The van der Waals surface area contributed by atoms with Crippen molar-refractivity contribution in [2.45, 2.75) is 12.8 Å². The highest BCUT2D eigenvalue weighted by molar-refractivity contribution is 9.10. The zero-order chi connectivity index (χ0) is 30.0. The summed E-state index contributed by atoms with van der Waals surface area (Å²) in [5, 5.41) is 36.6. The fraction of sp³-hybridized carbons (Fsp3) is 0.103. The quantitative estimate of drug-likeness (QED) is 0.0983. The number of ketones is 1. The van der Waals surface area contributed by atoms with Crippen LogP contribution in [0.15, 0.2) is 81.7 Å². The molecule has 0 aliphatic carbocycles. The second kappa shape index (κ2) is 17.7. The average molecular weight is 768 g/mol. The minimum atomic E-state index is -0.197. The minimum Gasteiger partial charge on any atom is -0.507 e. The fourth-order valence-corrected chi connectivity index (χ4v) is 4.91. The van der Waals surface area contributed by atoms with E-state index in [0.29, 0.717) is 37.8 Å². The number of phenols is 2. The standard InChI is InChI=1S/C14H10BrCl2NO.C14H9BrCl2O2.CH4O.H3N/c2*15-12-4-2-9(16)5-8(12)6-13(18)11-3-1-10(17)7-14(11)19;1-2;/h1-5,7,18-19H,6H2;1-5,7,19H,6H2;2H,1H3;1H3. The van der Waals surface area contributed by atoms with E-state index in [9.17, 15) is 15.0 Å². The van der Waals surface area contributed by atoms with E-state index in [4.69, 9.17) is 56.9 Å². The minimum absolute atomic E-state index is 0. The highest BCUT2D eigenvalue weighted by Crippen LogP contribution is 2.28. The van der Waals surface area contributed by atoms with Crippen LogP contribution in [0.5, 0.6) is 11.5 Å². The van der Waals surface area contributed by atoms with Gasteiger partial charge >= 0.3 is 0 Å². The Morgan fingerprint density at radius 3 is 1.46 bits per heavy atom. The van der Waals surface area contributed by atoms with Crippen LogP contribution in [0.2, 0.25) is 20.1 Å². The summed E-state index contributed by atoms with van der Waals surface area (Å²) in [6.45, 7) is 0. The van der Waals surface area contributed by atoms with Crippen molar-refractivity contribution in [1.82, 2.24) is 6.15 Å². The molecule has 0 atom stereocenters. The Morgan fingerprint density at radius 1 is 0.659 bits per heavy atom. The Bertz CT molecular complexity index is 1410. The highest BCUT2D eigenvalue weighted by atomic mass is 79.9. The number of carbonyl (C=O) groups excluding carboxylic acids is 1. The number of phenolic OH excluding ortho intramolecular Hbond substituents is 2. The largest absolute Gasteiger partial charge is 0.507 e. The Hall–Kier alpha value is -2.14. The third kappa shape index (κ3) is 11.2. The molecule has 0 aliphatic heterocycles. The van der Waals surface area contributed by atoms with Gasteiger partial charge in [-0.1, -0.05) is 78.3 Å². The molecule has 7 N–H and O–H groups in total. The third-order valence-corrected chi connectivity index (χ3v) is 7.77. The number of hydrogen-bond donors (Lipinski definition) is 5. The Labute approximate surface area is 275 Å². The Kier molecular flexibility index (Phi) is 16.0. The molecule has 4 rings (SSSR count). The first-order valence-electron chi connectivity index (χ1n) is 11.3. The number of aromatic hydroxyl groups is 2. The molecule has 0 amide bonds. The second-order valence-corrected chi connectivity index (χ2v) is 11.5. The van der Waals surface area contributed by atoms with Crippen LogP contribution in [-0.2, 0) is 12.8 Å². The summed E-state index contributed by atoms with van der Waals surface area (Å²) in [5.74, 6) is -0.302. The van der Waals surface area contributed by atoms with E-state index in [-0.39, 0.29) is 35.4 Å². The summed E-state index contributed by atoms with van der Waals surface area (Å²) in [4.78, 5) is 12.1. The normalized spacial score (nSPS) is 9.85. The van der Waals surface area contributed by atoms with Crippen molar-refractivity contribution in [2.24, 2.45) is 0 Å². The van der Waals surface area contributed by atoms with Crippen molar-refractivity contribution in [3.63, 3.8) is 0 Å². The summed E-state index contributed by atoms with van der Waals surface area (Å²) < 4.78 is 1.69. The number of hydrogen-bond acceptors (Lipinski definition) is 6. The molecular formula is C29H26Br2Cl4N2O4. The molecule has 4 aromatic rings. The zero-order valence-electron chi connectivity index (χ0n) is 21.6. The first kappa shape index (κ1) is 36.9. The molecule has 0 aliphatic rings. The monoisotopic (exact) mass is 764 g/mol. The molecule has 218 valence electrons. The van der Waals surface area contributed by atoms with Crippen LogP contribution in [0.3, 0.4) is 0 Å². The molecule has 0 unspecified atom stereocenters. The summed E-state index contributed by atoms with van der Waals surface area (Å²) in [7, 11) is 1.00. The van der Waals surface area contributed by atoms with Crippen LogP contribution in [0.4, 0.5) is 0 Å². The van der Waals surface area contributed by atoms with Crippen LogP contribution < -0.4 is 6.15 Å². The average Bonchev–Trinajstić information content (AvgIpc) is 2.90. The van der Waals surface area contributed by atoms with Crippen LogP contribution in [-0.4, -0.2) is 33.9 Å². The van der Waals surface area contributed by atoms with Crippen molar-refractivity contribution in [1.29, 1.82) is 5.41 Å². The van der Waals surface area contributed by atoms with Crippen molar-refractivity contribution in [3.05, 3.63) is 124 Å². The van der Waals surface area contributed by atoms with Gasteiger partial charge in [0, 0.05) is 60.3 Å². The topological polar surface area (TPSA) is 137 Å². The number of rotatable bonds is 6. The maximum atomic E-state index is 12.1. The number of nitrogens with one attached hydrogen (secondary N) is 1. The molecule has 0 radical (unpaired) electrons. The molecule has 6 nitrogen and oxygen atoms in total. The lowest BCUT2D eigenvalue weighted by Crippen LogP contribution is -2.04. The molecule has 0 saturated carbocycles. The van der Waals surface area contributed by atoms with Gasteiger partial charge in [0.25, 0.3) is 0 Å². The molecule has 0 aromatic heterocycles. The van der Waals surface area contributed by atoms with Gasteiger partial charge in [0.15, 0.2) is 5.78 Å². The number of Topliss-reactive ketones (excluding diaryl/α,β-unsaturated/α-hetero) is 1. The molecule has 12 heteroatoms. The van der Waals surface area contributed by atoms with E-state index in [0.717, 1.165) is 27.2 Å². The van der Waals surface area contributed by atoms with E-state index >= 15 is 0 Å². The van der Waals surface area contributed by atoms with E-state index in [2.05, 4.69) is 31.9 Å². The van der Waals surface area contributed by atoms with Gasteiger partial charge in [-0.25, -0.2) is 0 Å². The molecular weight excluding hydrogens is 742 g/mol. The molecule has 0 saturated heterocycles. The lowest BCUT2D eigenvalue weighted by Gasteiger charge is -2.09. The maximum absolute atomic E-state index is 12.1. The van der Waals surface area contributed by atoms with Crippen molar-refractivity contribution in [2.75, 3.05) is 7.11 Å². The Morgan fingerprint density at radius 2 is 1.02 bits per heavy atom. The summed E-state index contributed by atoms with van der Waals surface area (Å²) in [6, 6.07) is 19.8. The predicted octanol–water partition coefficient (Wildman–Crippen LogP) is 9.73. The van der Waals surface area contributed by atoms with Crippen LogP contribution in [0.25, 0.3) is 0 Å². The van der Waals surface area contributed by atoms with Crippen LogP contribution in [0, 0.1) is 5.41 Å². The predicted molar refractivity (Wildman–Crippen MR) is 176 cm³/mol. The van der Waals surface area contributed by atoms with E-state index < -0.39 is 0 Å². The molecule has 0 heterocycles. The summed E-state index contributed by atoms with van der Waals surface area (Å²) in [5.41, 5.74) is 2.68. The lowest BCUT2D eigenvalue weighted by molar-refractivity contribution is 0.0990. The van der Waals surface area contributed by atoms with Crippen molar-refractivity contribution in [3.8, 4) is 11.5 Å². The molecule has 0 fully saturated rings. The van der Waals surface area contributed by atoms with Gasteiger partial charge in [0.1, 0.15) is 11.5 Å². The van der Waals surface area contributed by atoms with Gasteiger partial charge in [-0.15, -0.1) is 0 Å². The van der Waals surface area contributed by atoms with Gasteiger partial charge in [-0.3, -0.25) is 4.79 Å². The molecule has 4 aromatic carbocycles. The smallest absolute Gasteiger partial charge is 0.170 e. The SMILES string of the molecule is CO.N.N=C(Cc1cc(Cl)ccc1Br)c1ccc(Cl)cc1O.O=C(Cc1cc(Cl)ccc1Br)c1ccc(Cl)cc1O. The fourth-order valence-electron chi connectivity index (χ4n) is 3.41. The molecule has 0 spiro atoms. The summed E-state index contributed by atoms with van der Waals surface area (Å²) in [6.07, 6.45) is 0.521. The van der Waals surface area contributed by atoms with Crippen LogP contribution in [0.1, 0.15) is 27.0 Å². The number of aliphatic hydroxyl groups is 1. The maximum Gasteiger partial charge on any atom is 0.170 e. The summed E-state index contributed by atoms with van der Waals surface area (Å²) >= 11 is 30.1. The third-order valence-electron chi connectivity index (χ3n) is 5.28. The van der Waals surface area contributed by atoms with Gasteiger partial charge in [-0.05, 0) is 83.9 Å². The Balaban J connectivity index is 0.000000378. The first-order valence-corrected chi connectivity index (χ1v) is 14.4. The van der Waals surface area contributed by atoms with Gasteiger partial charge in [-0.2, -0.15) is 0 Å².